The number of ether oxygens (including phenoxy) is 2. The number of carbonyl (C=O) groups excluding carboxylic acids is 1. The second-order valence-corrected chi connectivity index (χ2v) is 6.32. The third-order valence-corrected chi connectivity index (χ3v) is 4.52. The third-order valence-electron chi connectivity index (χ3n) is 4.20. The second kappa shape index (κ2) is 8.17. The van der Waals surface area contributed by atoms with Crippen LogP contribution in [0.4, 0.5) is 5.69 Å². The molecular weight excluding hydrogens is 376 g/mol. The number of piperidine rings is 1. The number of nitrogens with zero attached hydrogens (tertiary/aromatic N) is 4. The van der Waals surface area contributed by atoms with E-state index in [1.54, 1.807) is 17.2 Å². The molecule has 1 amide bonds. The number of aromatic nitrogens is 2. The first-order valence-electron chi connectivity index (χ1n) is 8.25. The summed E-state index contributed by atoms with van der Waals surface area (Å²) in [6.45, 7) is 0.949. The van der Waals surface area contributed by atoms with E-state index in [-0.39, 0.29) is 34.3 Å². The van der Waals surface area contributed by atoms with E-state index in [4.69, 9.17) is 21.1 Å². The average Bonchev–Trinajstić information content (AvgIpc) is 2.68. The molecule has 3 rings (SSSR count). The van der Waals surface area contributed by atoms with Gasteiger partial charge in [-0.05, 0) is 12.1 Å². The van der Waals surface area contributed by atoms with E-state index in [1.165, 1.54) is 25.3 Å². The molecule has 0 N–H and O–H groups in total. The predicted octanol–water partition coefficient (Wildman–Crippen LogP) is 2.73. The van der Waals surface area contributed by atoms with E-state index in [1.807, 2.05) is 0 Å². The summed E-state index contributed by atoms with van der Waals surface area (Å²) in [6.07, 6.45) is 2.70. The molecule has 0 aliphatic carbocycles. The van der Waals surface area contributed by atoms with Crippen molar-refractivity contribution in [3.05, 3.63) is 51.2 Å². The van der Waals surface area contributed by atoms with E-state index in [0.717, 1.165) is 0 Å². The van der Waals surface area contributed by atoms with Crippen LogP contribution in [-0.4, -0.2) is 52.0 Å². The molecule has 10 heteroatoms. The van der Waals surface area contributed by atoms with Crippen LogP contribution in [0.25, 0.3) is 0 Å². The van der Waals surface area contributed by atoms with Gasteiger partial charge in [-0.1, -0.05) is 11.6 Å². The van der Waals surface area contributed by atoms with E-state index in [0.29, 0.717) is 31.8 Å². The van der Waals surface area contributed by atoms with Crippen molar-refractivity contribution >= 4 is 23.2 Å². The van der Waals surface area contributed by atoms with Gasteiger partial charge >= 0.3 is 6.01 Å². The van der Waals surface area contributed by atoms with Crippen LogP contribution in [0, 0.1) is 10.1 Å². The molecule has 0 atom stereocenters. The van der Waals surface area contributed by atoms with Crippen LogP contribution in [0.1, 0.15) is 23.2 Å². The molecule has 2 heterocycles. The quantitative estimate of drug-likeness (QED) is 0.568. The van der Waals surface area contributed by atoms with Gasteiger partial charge in [-0.2, -0.15) is 4.98 Å². The minimum Gasteiger partial charge on any atom is -0.474 e. The maximum Gasteiger partial charge on any atom is 0.319 e. The number of hydrogen-bond acceptors (Lipinski definition) is 7. The maximum atomic E-state index is 12.6. The summed E-state index contributed by atoms with van der Waals surface area (Å²) >= 11 is 5.80. The van der Waals surface area contributed by atoms with Crippen LogP contribution in [0.3, 0.4) is 0 Å². The largest absolute Gasteiger partial charge is 0.474 e. The van der Waals surface area contributed by atoms with E-state index < -0.39 is 4.92 Å². The molecule has 1 saturated heterocycles. The van der Waals surface area contributed by atoms with E-state index in [9.17, 15) is 14.9 Å². The fourth-order valence-corrected chi connectivity index (χ4v) is 2.99. The fourth-order valence-electron chi connectivity index (χ4n) is 2.80. The minimum atomic E-state index is -0.602. The highest BCUT2D eigenvalue weighted by molar-refractivity contribution is 6.32. The number of carbonyl (C=O) groups is 1. The Hall–Kier alpha value is -2.94. The summed E-state index contributed by atoms with van der Waals surface area (Å²) in [6, 6.07) is 5.94. The number of halogens is 1. The first kappa shape index (κ1) is 18.8. The molecule has 9 nitrogen and oxygen atoms in total. The van der Waals surface area contributed by atoms with Gasteiger partial charge in [-0.3, -0.25) is 14.9 Å². The number of likely N-dealkylation sites (tertiary alicyclic amines) is 1. The SMILES string of the molecule is COc1nccc(OC2CCN(C(=O)c3ccc(Cl)c([N+](=O)[O-])c3)CC2)n1. The van der Waals surface area contributed by atoms with Crippen molar-refractivity contribution in [3.8, 4) is 11.9 Å². The van der Waals surface area contributed by atoms with Crippen molar-refractivity contribution in [2.45, 2.75) is 18.9 Å². The molecule has 0 bridgehead atoms. The number of methoxy groups -OCH3 is 1. The molecule has 1 aromatic carbocycles. The van der Waals surface area contributed by atoms with E-state index in [2.05, 4.69) is 9.97 Å². The molecule has 2 aromatic rings. The molecule has 27 heavy (non-hydrogen) atoms. The van der Waals surface area contributed by atoms with Gasteiger partial charge in [0.25, 0.3) is 11.6 Å². The van der Waals surface area contributed by atoms with Gasteiger partial charge in [0.05, 0.1) is 12.0 Å². The Morgan fingerprint density at radius 2 is 2.07 bits per heavy atom. The third kappa shape index (κ3) is 4.43. The van der Waals surface area contributed by atoms with Gasteiger partial charge in [-0.25, -0.2) is 4.98 Å². The van der Waals surface area contributed by atoms with Gasteiger partial charge in [0.15, 0.2) is 0 Å². The molecule has 0 radical (unpaired) electrons. The Balaban J connectivity index is 1.61. The van der Waals surface area contributed by atoms with Crippen molar-refractivity contribution in [2.24, 2.45) is 0 Å². The van der Waals surface area contributed by atoms with Gasteiger partial charge in [0.1, 0.15) is 11.1 Å². The van der Waals surface area contributed by atoms with Gasteiger partial charge in [0, 0.05) is 49.8 Å². The van der Waals surface area contributed by atoms with Gasteiger partial charge in [-0.15, -0.1) is 0 Å². The Morgan fingerprint density at radius 3 is 2.74 bits per heavy atom. The van der Waals surface area contributed by atoms with Crippen molar-refractivity contribution in [1.82, 2.24) is 14.9 Å². The Labute approximate surface area is 160 Å². The smallest absolute Gasteiger partial charge is 0.319 e. The zero-order chi connectivity index (χ0) is 19.4. The molecule has 0 saturated carbocycles. The molecule has 1 aliphatic rings. The van der Waals surface area contributed by atoms with Crippen molar-refractivity contribution in [1.29, 1.82) is 0 Å². The lowest BCUT2D eigenvalue weighted by Gasteiger charge is -2.32. The summed E-state index contributed by atoms with van der Waals surface area (Å²) in [5.41, 5.74) is -0.0375. The topological polar surface area (TPSA) is 108 Å². The van der Waals surface area contributed by atoms with E-state index >= 15 is 0 Å². The predicted molar refractivity (Wildman–Crippen MR) is 96.2 cm³/mol. The van der Waals surface area contributed by atoms with Crippen LogP contribution in [-0.2, 0) is 0 Å². The summed E-state index contributed by atoms with van der Waals surface area (Å²) in [7, 11) is 1.48. The maximum absolute atomic E-state index is 12.6. The second-order valence-electron chi connectivity index (χ2n) is 5.91. The number of amides is 1. The van der Waals surface area contributed by atoms with Gasteiger partial charge < -0.3 is 14.4 Å². The molecule has 1 aliphatic heterocycles. The number of nitro groups is 1. The van der Waals surface area contributed by atoms with Crippen LogP contribution < -0.4 is 9.47 Å². The highest BCUT2D eigenvalue weighted by atomic mass is 35.5. The highest BCUT2D eigenvalue weighted by Gasteiger charge is 2.26. The van der Waals surface area contributed by atoms with Crippen molar-refractivity contribution in [2.75, 3.05) is 20.2 Å². The lowest BCUT2D eigenvalue weighted by molar-refractivity contribution is -0.384. The monoisotopic (exact) mass is 392 g/mol. The van der Waals surface area contributed by atoms with Crippen LogP contribution in [0.5, 0.6) is 11.9 Å². The van der Waals surface area contributed by atoms with Crippen LogP contribution in [0.2, 0.25) is 5.02 Å². The Kier molecular flexibility index (Phi) is 5.70. The zero-order valence-electron chi connectivity index (χ0n) is 14.5. The normalized spacial score (nSPS) is 14.7. The minimum absolute atomic E-state index is 0.00365. The Morgan fingerprint density at radius 1 is 1.33 bits per heavy atom. The lowest BCUT2D eigenvalue weighted by Crippen LogP contribution is -2.41. The molecule has 1 aromatic heterocycles. The van der Waals surface area contributed by atoms with Crippen molar-refractivity contribution in [3.63, 3.8) is 0 Å². The molecule has 142 valence electrons. The number of nitro benzene ring substituents is 1. The summed E-state index contributed by atoms with van der Waals surface area (Å²) in [4.78, 5) is 32.7. The summed E-state index contributed by atoms with van der Waals surface area (Å²) < 4.78 is 10.8. The average molecular weight is 393 g/mol. The van der Waals surface area contributed by atoms with Crippen LogP contribution >= 0.6 is 11.6 Å². The standard InChI is InChI=1S/C17H17ClN4O5/c1-26-17-19-7-4-15(20-17)27-12-5-8-21(9-6-12)16(23)11-2-3-13(18)14(10-11)22(24)25/h2-4,7,10,12H,5-6,8-9H2,1H3. The Bertz CT molecular complexity index is 855. The summed E-state index contributed by atoms with van der Waals surface area (Å²) in [5.74, 6) is 0.150. The van der Waals surface area contributed by atoms with Gasteiger partial charge in [0.2, 0.25) is 5.88 Å². The number of rotatable bonds is 5. The van der Waals surface area contributed by atoms with Crippen molar-refractivity contribution < 1.29 is 19.2 Å². The highest BCUT2D eigenvalue weighted by Crippen LogP contribution is 2.26. The first-order valence-corrected chi connectivity index (χ1v) is 8.62. The zero-order valence-corrected chi connectivity index (χ0v) is 15.3. The molecule has 0 unspecified atom stereocenters. The molecule has 0 spiro atoms. The molecular formula is C17H17ClN4O5. The first-order chi connectivity index (χ1) is 13.0. The summed E-state index contributed by atoms with van der Waals surface area (Å²) in [5, 5.41) is 11.0. The lowest BCUT2D eigenvalue weighted by atomic mass is 10.1. The fraction of sp³-hybridized carbons (Fsp3) is 0.353. The number of benzene rings is 1. The van der Waals surface area contributed by atoms with Crippen LogP contribution in [0.15, 0.2) is 30.5 Å². The molecule has 1 fully saturated rings. The number of hydrogen-bond donors (Lipinski definition) is 0.